The highest BCUT2D eigenvalue weighted by Crippen LogP contribution is 2.36. The van der Waals surface area contributed by atoms with Gasteiger partial charge in [-0.2, -0.15) is 0 Å². The summed E-state index contributed by atoms with van der Waals surface area (Å²) in [6.07, 6.45) is 5.26. The van der Waals surface area contributed by atoms with Crippen LogP contribution in [0.1, 0.15) is 64.5 Å². The Hall–Kier alpha value is -2.10. The summed E-state index contributed by atoms with van der Waals surface area (Å²) in [5.41, 5.74) is 1.87. The Labute approximate surface area is 151 Å². The fraction of sp³-hybridized carbons (Fsp3) is 0.524. The lowest BCUT2D eigenvalue weighted by Gasteiger charge is -2.17. The van der Waals surface area contributed by atoms with Crippen LogP contribution in [0.4, 0.5) is 0 Å². The lowest BCUT2D eigenvalue weighted by Crippen LogP contribution is -2.14. The van der Waals surface area contributed by atoms with E-state index in [0.717, 1.165) is 17.5 Å². The molecule has 0 amide bonds. The van der Waals surface area contributed by atoms with E-state index in [0.29, 0.717) is 49.5 Å². The topological polar surface area (TPSA) is 52.6 Å². The highest BCUT2D eigenvalue weighted by molar-refractivity contribution is 5.77. The third-order valence-electron chi connectivity index (χ3n) is 3.55. The van der Waals surface area contributed by atoms with Crippen molar-refractivity contribution in [2.24, 2.45) is 5.92 Å². The molecule has 1 aromatic carbocycles. The number of benzene rings is 1. The Balaban J connectivity index is 3.33. The molecule has 0 N–H and O–H groups in total. The first-order valence-electron chi connectivity index (χ1n) is 9.09. The van der Waals surface area contributed by atoms with E-state index in [9.17, 15) is 9.59 Å². The zero-order chi connectivity index (χ0) is 18.8. The van der Waals surface area contributed by atoms with Crippen LogP contribution in [0.5, 0.6) is 11.5 Å². The third kappa shape index (κ3) is 7.12. The van der Waals surface area contributed by atoms with Crippen LogP contribution in [0.2, 0.25) is 0 Å². The summed E-state index contributed by atoms with van der Waals surface area (Å²) in [4.78, 5) is 24.0. The summed E-state index contributed by atoms with van der Waals surface area (Å²) in [5, 5.41) is 0. The van der Waals surface area contributed by atoms with Crippen molar-refractivity contribution in [2.45, 2.75) is 66.2 Å². The fourth-order valence-corrected chi connectivity index (χ4v) is 2.54. The first-order chi connectivity index (χ1) is 11.9. The van der Waals surface area contributed by atoms with Gasteiger partial charge < -0.3 is 9.47 Å². The standard InChI is InChI=1S/C21H30O4/c1-6-9-16-13-17(12-15(4)5)21(25-20(23)11-8-3)18(14-16)24-19(22)10-7-2/h6,13-15H,1,7-12H2,2-5H3. The van der Waals surface area contributed by atoms with Gasteiger partial charge in [-0.3, -0.25) is 9.59 Å². The molecule has 0 aliphatic heterocycles. The lowest BCUT2D eigenvalue weighted by atomic mass is 9.98. The van der Waals surface area contributed by atoms with Gasteiger partial charge in [0, 0.05) is 12.8 Å². The maximum absolute atomic E-state index is 12.0. The molecule has 0 bridgehead atoms. The predicted octanol–water partition coefficient (Wildman–Crippen LogP) is 5.02. The van der Waals surface area contributed by atoms with Crippen LogP contribution >= 0.6 is 0 Å². The van der Waals surface area contributed by atoms with Crippen molar-refractivity contribution in [3.05, 3.63) is 35.9 Å². The molecule has 0 saturated carbocycles. The molecule has 0 spiro atoms. The number of carbonyl (C=O) groups excluding carboxylic acids is 2. The highest BCUT2D eigenvalue weighted by Gasteiger charge is 2.19. The second kappa shape index (κ2) is 10.7. The Morgan fingerprint density at radius 1 is 1.08 bits per heavy atom. The molecule has 0 saturated heterocycles. The molecule has 1 aromatic rings. The summed E-state index contributed by atoms with van der Waals surface area (Å²) in [6.45, 7) is 11.8. The molecule has 138 valence electrons. The first-order valence-corrected chi connectivity index (χ1v) is 9.09. The minimum atomic E-state index is -0.318. The maximum Gasteiger partial charge on any atom is 0.311 e. The van der Waals surface area contributed by atoms with Crippen LogP contribution in [-0.4, -0.2) is 11.9 Å². The number of allylic oxidation sites excluding steroid dienone is 1. The predicted molar refractivity (Wildman–Crippen MR) is 100.0 cm³/mol. The monoisotopic (exact) mass is 346 g/mol. The van der Waals surface area contributed by atoms with Gasteiger partial charge in [-0.1, -0.05) is 39.8 Å². The smallest absolute Gasteiger partial charge is 0.311 e. The first kappa shape index (κ1) is 20.9. The second-order valence-corrected chi connectivity index (χ2v) is 6.62. The molecule has 4 heteroatoms. The molecule has 0 radical (unpaired) electrons. The minimum absolute atomic E-state index is 0.309. The molecule has 0 heterocycles. The van der Waals surface area contributed by atoms with Crippen LogP contribution in [-0.2, 0) is 22.4 Å². The van der Waals surface area contributed by atoms with Crippen LogP contribution < -0.4 is 9.47 Å². The number of rotatable bonds is 10. The largest absolute Gasteiger partial charge is 0.422 e. The molecule has 0 aliphatic rings. The average Bonchev–Trinajstić information content (AvgIpc) is 2.51. The van der Waals surface area contributed by atoms with Crippen LogP contribution in [0, 0.1) is 5.92 Å². The van der Waals surface area contributed by atoms with Crippen molar-refractivity contribution in [1.29, 1.82) is 0 Å². The Bertz CT molecular complexity index is 602. The Morgan fingerprint density at radius 2 is 1.68 bits per heavy atom. The maximum atomic E-state index is 12.0. The van der Waals surface area contributed by atoms with E-state index in [1.807, 2.05) is 19.9 Å². The van der Waals surface area contributed by atoms with E-state index in [1.165, 1.54) is 0 Å². The van der Waals surface area contributed by atoms with Crippen molar-refractivity contribution in [2.75, 3.05) is 0 Å². The van der Waals surface area contributed by atoms with Gasteiger partial charge in [-0.15, -0.1) is 6.58 Å². The van der Waals surface area contributed by atoms with Crippen molar-refractivity contribution >= 4 is 11.9 Å². The van der Waals surface area contributed by atoms with E-state index >= 15 is 0 Å². The summed E-state index contributed by atoms with van der Waals surface area (Å²) in [6, 6.07) is 3.78. The zero-order valence-electron chi connectivity index (χ0n) is 15.9. The van der Waals surface area contributed by atoms with Gasteiger partial charge in [0.2, 0.25) is 0 Å². The summed E-state index contributed by atoms with van der Waals surface area (Å²) in [5.74, 6) is 0.461. The molecule has 0 atom stereocenters. The fourth-order valence-electron chi connectivity index (χ4n) is 2.54. The van der Waals surface area contributed by atoms with E-state index in [4.69, 9.17) is 9.47 Å². The van der Waals surface area contributed by atoms with Crippen molar-refractivity contribution in [3.8, 4) is 11.5 Å². The van der Waals surface area contributed by atoms with Crippen molar-refractivity contribution < 1.29 is 19.1 Å². The molecule has 0 aromatic heterocycles. The number of carbonyl (C=O) groups is 2. The summed E-state index contributed by atoms with van der Waals surface area (Å²) < 4.78 is 11.1. The van der Waals surface area contributed by atoms with Gasteiger partial charge in [0.1, 0.15) is 0 Å². The van der Waals surface area contributed by atoms with Crippen LogP contribution in [0.25, 0.3) is 0 Å². The Morgan fingerprint density at radius 3 is 2.20 bits per heavy atom. The average molecular weight is 346 g/mol. The van der Waals surface area contributed by atoms with Crippen LogP contribution in [0.3, 0.4) is 0 Å². The van der Waals surface area contributed by atoms with Gasteiger partial charge >= 0.3 is 11.9 Å². The quantitative estimate of drug-likeness (QED) is 0.339. The normalized spacial score (nSPS) is 10.6. The van der Waals surface area contributed by atoms with E-state index in [1.54, 1.807) is 12.1 Å². The van der Waals surface area contributed by atoms with Gasteiger partial charge in [-0.25, -0.2) is 0 Å². The number of esters is 2. The number of ether oxygens (including phenoxy) is 2. The summed E-state index contributed by atoms with van der Waals surface area (Å²) >= 11 is 0. The van der Waals surface area contributed by atoms with Gasteiger partial charge in [0.25, 0.3) is 0 Å². The molecule has 0 fully saturated rings. The molecule has 25 heavy (non-hydrogen) atoms. The van der Waals surface area contributed by atoms with Crippen molar-refractivity contribution in [3.63, 3.8) is 0 Å². The molecule has 0 unspecified atom stereocenters. The van der Waals surface area contributed by atoms with Crippen molar-refractivity contribution in [1.82, 2.24) is 0 Å². The van der Waals surface area contributed by atoms with Gasteiger partial charge in [0.05, 0.1) is 0 Å². The SMILES string of the molecule is C=CCc1cc(CC(C)C)c(OC(=O)CCC)c(OC(=O)CCC)c1. The zero-order valence-corrected chi connectivity index (χ0v) is 15.9. The number of hydrogen-bond acceptors (Lipinski definition) is 4. The van der Waals surface area contributed by atoms with Gasteiger partial charge in [0.15, 0.2) is 11.5 Å². The van der Waals surface area contributed by atoms with Crippen LogP contribution in [0.15, 0.2) is 24.8 Å². The molecular formula is C21H30O4. The van der Waals surface area contributed by atoms with E-state index < -0.39 is 0 Å². The highest BCUT2D eigenvalue weighted by atomic mass is 16.6. The minimum Gasteiger partial charge on any atom is -0.422 e. The second-order valence-electron chi connectivity index (χ2n) is 6.62. The van der Waals surface area contributed by atoms with E-state index in [-0.39, 0.29) is 11.9 Å². The molecule has 4 nitrogen and oxygen atoms in total. The Kier molecular flexibility index (Phi) is 8.96. The lowest BCUT2D eigenvalue weighted by molar-refractivity contribution is -0.137. The third-order valence-corrected chi connectivity index (χ3v) is 3.55. The number of hydrogen-bond donors (Lipinski definition) is 0. The van der Waals surface area contributed by atoms with E-state index in [2.05, 4.69) is 20.4 Å². The molecule has 0 aliphatic carbocycles. The van der Waals surface area contributed by atoms with Gasteiger partial charge in [-0.05, 0) is 48.8 Å². The molecular weight excluding hydrogens is 316 g/mol. The molecule has 1 rings (SSSR count). The summed E-state index contributed by atoms with van der Waals surface area (Å²) in [7, 11) is 0.